The number of aryl methyl sites for hydroxylation is 1. The van der Waals surface area contributed by atoms with Gasteiger partial charge in [0.05, 0.1) is 11.7 Å². The topological polar surface area (TPSA) is 96.8 Å². The molecular weight excluding hydrogens is 398 g/mol. The molecule has 6 heteroatoms. The van der Waals surface area contributed by atoms with Crippen LogP contribution in [-0.4, -0.2) is 21.3 Å². The highest BCUT2D eigenvalue weighted by Crippen LogP contribution is 2.24. The van der Waals surface area contributed by atoms with Crippen LogP contribution in [0.15, 0.2) is 91.1 Å². The van der Waals surface area contributed by atoms with Gasteiger partial charge in [-0.1, -0.05) is 72.8 Å². The first-order chi connectivity index (χ1) is 15.5. The van der Waals surface area contributed by atoms with Crippen LogP contribution in [-0.2, 0) is 13.5 Å². The third kappa shape index (κ3) is 4.75. The minimum Gasteiger partial charge on any atom is -0.384 e. The van der Waals surface area contributed by atoms with Gasteiger partial charge in [-0.15, -0.1) is 0 Å². The van der Waals surface area contributed by atoms with Crippen molar-refractivity contribution in [2.24, 2.45) is 12.8 Å². The van der Waals surface area contributed by atoms with Crippen molar-refractivity contribution in [1.82, 2.24) is 14.9 Å². The van der Waals surface area contributed by atoms with Gasteiger partial charge >= 0.3 is 0 Å². The Morgan fingerprint density at radius 1 is 0.969 bits per heavy atom. The van der Waals surface area contributed by atoms with E-state index >= 15 is 0 Å². The lowest BCUT2D eigenvalue weighted by Crippen LogP contribution is -2.31. The van der Waals surface area contributed by atoms with Crippen LogP contribution in [0.2, 0.25) is 0 Å². The van der Waals surface area contributed by atoms with Gasteiger partial charge in [0.25, 0.3) is 5.91 Å². The summed E-state index contributed by atoms with van der Waals surface area (Å²) in [4.78, 5) is 17.8. The standard InChI is InChI=1S/C26H25N5O/c1-31-17-23(19-12-14-20(15-13-19)24(27)28)29-25(31)22(16-18-8-4-2-5-9-18)30-26(32)21-10-6-3-7-11-21/h2-15,17,22H,16H2,1H3,(H3,27,28)(H,30,32)/t22-/m0/s1. The van der Waals surface area contributed by atoms with Crippen LogP contribution in [0.1, 0.15) is 33.4 Å². The van der Waals surface area contributed by atoms with Crippen molar-refractivity contribution < 1.29 is 4.79 Å². The van der Waals surface area contributed by atoms with Crippen molar-refractivity contribution in [2.75, 3.05) is 0 Å². The first kappa shape index (κ1) is 21.1. The van der Waals surface area contributed by atoms with Crippen molar-refractivity contribution in [3.8, 4) is 11.3 Å². The van der Waals surface area contributed by atoms with Crippen LogP contribution in [0.25, 0.3) is 11.3 Å². The maximum atomic E-state index is 12.9. The Morgan fingerprint density at radius 2 is 1.59 bits per heavy atom. The SMILES string of the molecule is Cn1cc(-c2ccc(C(=N)N)cc2)nc1[C@H](Cc1ccccc1)NC(=O)c1ccccc1. The van der Waals surface area contributed by atoms with Gasteiger partial charge in [0, 0.05) is 29.9 Å². The number of amidine groups is 1. The molecule has 0 aliphatic rings. The first-order valence-corrected chi connectivity index (χ1v) is 10.4. The second-order valence-electron chi connectivity index (χ2n) is 7.67. The predicted octanol–water partition coefficient (Wildman–Crippen LogP) is 4.08. The van der Waals surface area contributed by atoms with Gasteiger partial charge in [0.2, 0.25) is 0 Å². The summed E-state index contributed by atoms with van der Waals surface area (Å²) < 4.78 is 1.95. The summed E-state index contributed by atoms with van der Waals surface area (Å²) in [6.45, 7) is 0. The predicted molar refractivity (Wildman–Crippen MR) is 126 cm³/mol. The number of imidazole rings is 1. The largest absolute Gasteiger partial charge is 0.384 e. The molecular formula is C26H25N5O. The second-order valence-corrected chi connectivity index (χ2v) is 7.67. The fourth-order valence-corrected chi connectivity index (χ4v) is 3.65. The van der Waals surface area contributed by atoms with Gasteiger partial charge in [-0.3, -0.25) is 10.2 Å². The summed E-state index contributed by atoms with van der Waals surface area (Å²) in [6.07, 6.45) is 2.57. The van der Waals surface area contributed by atoms with E-state index in [-0.39, 0.29) is 17.8 Å². The van der Waals surface area contributed by atoms with Crippen molar-refractivity contribution in [3.05, 3.63) is 114 Å². The molecule has 3 aromatic carbocycles. The lowest BCUT2D eigenvalue weighted by Gasteiger charge is -2.19. The molecule has 0 fully saturated rings. The van der Waals surface area contributed by atoms with Crippen molar-refractivity contribution in [3.63, 3.8) is 0 Å². The number of rotatable bonds is 7. The summed E-state index contributed by atoms with van der Waals surface area (Å²) >= 11 is 0. The molecule has 0 saturated carbocycles. The number of aromatic nitrogens is 2. The molecule has 0 saturated heterocycles. The van der Waals surface area contributed by atoms with Gasteiger partial charge in [0.15, 0.2) is 0 Å². The Morgan fingerprint density at radius 3 is 2.22 bits per heavy atom. The molecule has 4 aromatic rings. The molecule has 0 bridgehead atoms. The zero-order chi connectivity index (χ0) is 22.5. The number of carbonyl (C=O) groups is 1. The van der Waals surface area contributed by atoms with E-state index in [1.165, 1.54) is 0 Å². The van der Waals surface area contributed by atoms with Crippen LogP contribution in [0, 0.1) is 5.41 Å². The summed E-state index contributed by atoms with van der Waals surface area (Å²) in [7, 11) is 1.93. The molecule has 0 radical (unpaired) electrons. The number of nitrogen functional groups attached to an aromatic ring is 1. The maximum absolute atomic E-state index is 12.9. The average Bonchev–Trinajstić information content (AvgIpc) is 3.21. The fraction of sp³-hybridized carbons (Fsp3) is 0.115. The molecule has 0 aliphatic carbocycles. The third-order valence-corrected chi connectivity index (χ3v) is 5.34. The Hall–Kier alpha value is -4.19. The van der Waals surface area contributed by atoms with E-state index in [0.29, 0.717) is 17.5 Å². The summed E-state index contributed by atoms with van der Waals surface area (Å²) in [5.74, 6) is 0.662. The Bertz CT molecular complexity index is 1210. The highest BCUT2D eigenvalue weighted by Gasteiger charge is 2.22. The highest BCUT2D eigenvalue weighted by atomic mass is 16.1. The minimum atomic E-state index is -0.305. The highest BCUT2D eigenvalue weighted by molar-refractivity contribution is 5.95. The first-order valence-electron chi connectivity index (χ1n) is 10.4. The van der Waals surface area contributed by atoms with Crippen molar-refractivity contribution in [1.29, 1.82) is 5.41 Å². The average molecular weight is 424 g/mol. The minimum absolute atomic E-state index is 0.0322. The molecule has 0 spiro atoms. The van der Waals surface area contributed by atoms with Crippen LogP contribution in [0.4, 0.5) is 0 Å². The maximum Gasteiger partial charge on any atom is 0.251 e. The lowest BCUT2D eigenvalue weighted by molar-refractivity contribution is 0.0934. The second kappa shape index (κ2) is 9.31. The summed E-state index contributed by atoms with van der Waals surface area (Å²) in [6, 6.07) is 26.4. The number of nitrogens with zero attached hydrogens (tertiary/aromatic N) is 2. The van der Waals surface area contributed by atoms with Crippen molar-refractivity contribution >= 4 is 11.7 Å². The van der Waals surface area contributed by atoms with E-state index in [4.69, 9.17) is 16.1 Å². The van der Waals surface area contributed by atoms with E-state index in [9.17, 15) is 4.79 Å². The van der Waals surface area contributed by atoms with Crippen LogP contribution < -0.4 is 11.1 Å². The smallest absolute Gasteiger partial charge is 0.251 e. The van der Waals surface area contributed by atoms with E-state index in [1.807, 2.05) is 90.6 Å². The number of nitrogens with one attached hydrogen (secondary N) is 2. The monoisotopic (exact) mass is 423 g/mol. The zero-order valence-corrected chi connectivity index (χ0v) is 17.8. The van der Waals surface area contributed by atoms with Gasteiger partial charge in [0.1, 0.15) is 11.7 Å². The van der Waals surface area contributed by atoms with Crippen LogP contribution >= 0.6 is 0 Å². The van der Waals surface area contributed by atoms with Gasteiger partial charge < -0.3 is 15.6 Å². The molecule has 1 amide bonds. The number of hydrogen-bond acceptors (Lipinski definition) is 3. The number of hydrogen-bond donors (Lipinski definition) is 3. The Kier molecular flexibility index (Phi) is 6.12. The third-order valence-electron chi connectivity index (χ3n) is 5.34. The molecule has 6 nitrogen and oxygen atoms in total. The van der Waals surface area contributed by atoms with Crippen molar-refractivity contribution in [2.45, 2.75) is 12.5 Å². The van der Waals surface area contributed by atoms with E-state index in [0.717, 1.165) is 22.6 Å². The quantitative estimate of drug-likeness (QED) is 0.309. The fourth-order valence-electron chi connectivity index (χ4n) is 3.65. The number of amides is 1. The molecule has 0 aliphatic heterocycles. The molecule has 160 valence electrons. The molecule has 32 heavy (non-hydrogen) atoms. The van der Waals surface area contributed by atoms with E-state index in [2.05, 4.69) is 5.32 Å². The van der Waals surface area contributed by atoms with E-state index in [1.54, 1.807) is 12.1 Å². The van der Waals surface area contributed by atoms with Crippen LogP contribution in [0.3, 0.4) is 0 Å². The molecule has 1 heterocycles. The Balaban J connectivity index is 1.65. The number of carbonyl (C=O) groups excluding carboxylic acids is 1. The van der Waals surface area contributed by atoms with Gasteiger partial charge in [-0.05, 0) is 24.1 Å². The van der Waals surface area contributed by atoms with Gasteiger partial charge in [-0.25, -0.2) is 4.98 Å². The van der Waals surface area contributed by atoms with Crippen LogP contribution in [0.5, 0.6) is 0 Å². The van der Waals surface area contributed by atoms with Gasteiger partial charge in [-0.2, -0.15) is 0 Å². The molecule has 0 unspecified atom stereocenters. The molecule has 1 aromatic heterocycles. The van der Waals surface area contributed by atoms with E-state index < -0.39 is 0 Å². The normalized spacial score (nSPS) is 11.7. The lowest BCUT2D eigenvalue weighted by atomic mass is 10.0. The summed E-state index contributed by atoms with van der Waals surface area (Å²) in [5.41, 5.74) is 9.67. The Labute approximate surface area is 187 Å². The molecule has 4 rings (SSSR count). The number of benzene rings is 3. The number of nitrogens with two attached hydrogens (primary N) is 1. The molecule has 1 atom stereocenters. The zero-order valence-electron chi connectivity index (χ0n) is 17.8. The summed E-state index contributed by atoms with van der Waals surface area (Å²) in [5, 5.41) is 10.7. The molecule has 4 N–H and O–H groups in total.